The van der Waals surface area contributed by atoms with Crippen molar-refractivity contribution in [1.29, 1.82) is 0 Å². The summed E-state index contributed by atoms with van der Waals surface area (Å²) in [7, 11) is 0. The van der Waals surface area contributed by atoms with E-state index in [1.165, 1.54) is 12.1 Å². The first-order valence-corrected chi connectivity index (χ1v) is 9.69. The SMILES string of the molecule is O=C1CCC(Nc2cc(F)cc(NC(=O)CN3CCN(CCO)CC3)c2)C(=O)N1. The van der Waals surface area contributed by atoms with Crippen LogP contribution in [0.2, 0.25) is 0 Å². The third-order valence-electron chi connectivity index (χ3n) is 5.01. The minimum atomic E-state index is -0.631. The Labute approximate surface area is 168 Å². The van der Waals surface area contributed by atoms with E-state index in [0.717, 1.165) is 26.2 Å². The molecule has 158 valence electrons. The lowest BCUT2D eigenvalue weighted by Crippen LogP contribution is -2.49. The maximum absolute atomic E-state index is 14.0. The van der Waals surface area contributed by atoms with Gasteiger partial charge >= 0.3 is 0 Å². The van der Waals surface area contributed by atoms with E-state index >= 15 is 0 Å². The van der Waals surface area contributed by atoms with Crippen LogP contribution in [-0.4, -0.2) is 84.5 Å². The van der Waals surface area contributed by atoms with E-state index in [1.54, 1.807) is 6.07 Å². The van der Waals surface area contributed by atoms with Crippen molar-refractivity contribution in [3.63, 3.8) is 0 Å². The number of β-amino-alcohol motifs (C(OH)–C–C–N with tert-alkyl or cyclic N) is 1. The zero-order valence-corrected chi connectivity index (χ0v) is 16.1. The quantitative estimate of drug-likeness (QED) is 0.455. The number of hydrogen-bond donors (Lipinski definition) is 4. The Hall–Kier alpha value is -2.56. The molecule has 9 nitrogen and oxygen atoms in total. The number of imide groups is 1. The fraction of sp³-hybridized carbons (Fsp3) is 0.526. The summed E-state index contributed by atoms with van der Waals surface area (Å²) in [5.41, 5.74) is 0.649. The van der Waals surface area contributed by atoms with Crippen LogP contribution in [0.1, 0.15) is 12.8 Å². The molecule has 1 atom stereocenters. The monoisotopic (exact) mass is 407 g/mol. The predicted molar refractivity (Wildman–Crippen MR) is 105 cm³/mol. The van der Waals surface area contributed by atoms with Crippen LogP contribution >= 0.6 is 0 Å². The van der Waals surface area contributed by atoms with Crippen LogP contribution < -0.4 is 16.0 Å². The summed E-state index contributed by atoms with van der Waals surface area (Å²) in [6.45, 7) is 3.96. The van der Waals surface area contributed by atoms with Crippen molar-refractivity contribution in [3.8, 4) is 0 Å². The molecule has 0 bridgehead atoms. The number of halogens is 1. The minimum absolute atomic E-state index is 0.120. The summed E-state index contributed by atoms with van der Waals surface area (Å²) in [6.07, 6.45) is 0.541. The first kappa shape index (κ1) is 21.2. The Morgan fingerprint density at radius 3 is 2.52 bits per heavy atom. The normalized spacial score (nSPS) is 21.0. The van der Waals surface area contributed by atoms with Crippen molar-refractivity contribution >= 4 is 29.1 Å². The largest absolute Gasteiger partial charge is 0.395 e. The third kappa shape index (κ3) is 6.21. The molecule has 10 heteroatoms. The number of amides is 3. The summed E-state index contributed by atoms with van der Waals surface area (Å²) in [6, 6.07) is 3.38. The van der Waals surface area contributed by atoms with Crippen molar-refractivity contribution in [2.75, 3.05) is 56.5 Å². The third-order valence-corrected chi connectivity index (χ3v) is 5.01. The van der Waals surface area contributed by atoms with E-state index in [9.17, 15) is 18.8 Å². The van der Waals surface area contributed by atoms with Gasteiger partial charge in [0.15, 0.2) is 0 Å². The summed E-state index contributed by atoms with van der Waals surface area (Å²) in [5.74, 6) is -1.57. The topological polar surface area (TPSA) is 114 Å². The zero-order valence-electron chi connectivity index (χ0n) is 16.1. The second-order valence-electron chi connectivity index (χ2n) is 7.27. The number of aliphatic hydroxyl groups is 1. The first-order chi connectivity index (χ1) is 13.9. The van der Waals surface area contributed by atoms with Gasteiger partial charge in [0.05, 0.1) is 13.2 Å². The second kappa shape index (κ2) is 9.77. The van der Waals surface area contributed by atoms with Gasteiger partial charge in [-0.3, -0.25) is 29.5 Å². The number of benzene rings is 1. The number of piperidine rings is 1. The van der Waals surface area contributed by atoms with Gasteiger partial charge in [0, 0.05) is 50.5 Å². The Kier molecular flexibility index (Phi) is 7.13. The van der Waals surface area contributed by atoms with Crippen molar-refractivity contribution in [1.82, 2.24) is 15.1 Å². The smallest absolute Gasteiger partial charge is 0.249 e. The number of anilines is 2. The van der Waals surface area contributed by atoms with E-state index in [-0.39, 0.29) is 31.4 Å². The lowest BCUT2D eigenvalue weighted by Gasteiger charge is -2.33. The molecule has 3 rings (SSSR count). The van der Waals surface area contributed by atoms with Crippen LogP contribution in [0.15, 0.2) is 18.2 Å². The Bertz CT molecular complexity index is 767. The summed E-state index contributed by atoms with van der Waals surface area (Å²) < 4.78 is 14.0. The lowest BCUT2D eigenvalue weighted by molar-refractivity contribution is -0.133. The number of carbonyl (C=O) groups excluding carboxylic acids is 3. The molecule has 2 fully saturated rings. The number of aliphatic hydroxyl groups excluding tert-OH is 1. The highest BCUT2D eigenvalue weighted by atomic mass is 19.1. The van der Waals surface area contributed by atoms with E-state index in [0.29, 0.717) is 24.3 Å². The highest BCUT2D eigenvalue weighted by Gasteiger charge is 2.26. The van der Waals surface area contributed by atoms with Crippen LogP contribution in [0.5, 0.6) is 0 Å². The van der Waals surface area contributed by atoms with Crippen LogP contribution in [0.25, 0.3) is 0 Å². The fourth-order valence-electron chi connectivity index (χ4n) is 3.49. The van der Waals surface area contributed by atoms with Crippen LogP contribution in [0.4, 0.5) is 15.8 Å². The molecule has 0 radical (unpaired) electrons. The molecule has 0 saturated carbocycles. The molecule has 2 aliphatic heterocycles. The van der Waals surface area contributed by atoms with E-state index in [1.807, 2.05) is 4.90 Å². The number of hydrogen-bond acceptors (Lipinski definition) is 7. The Morgan fingerprint density at radius 2 is 1.83 bits per heavy atom. The molecule has 3 amide bonds. The van der Waals surface area contributed by atoms with E-state index in [4.69, 9.17) is 5.11 Å². The van der Waals surface area contributed by atoms with Gasteiger partial charge in [-0.05, 0) is 24.6 Å². The number of piperazine rings is 1. The van der Waals surface area contributed by atoms with Crippen molar-refractivity contribution in [2.24, 2.45) is 0 Å². The van der Waals surface area contributed by atoms with Crippen molar-refractivity contribution in [3.05, 3.63) is 24.0 Å². The molecule has 1 aromatic rings. The fourth-order valence-corrected chi connectivity index (χ4v) is 3.49. The molecule has 2 aliphatic rings. The average molecular weight is 407 g/mol. The maximum Gasteiger partial charge on any atom is 0.249 e. The number of carbonyl (C=O) groups is 3. The first-order valence-electron chi connectivity index (χ1n) is 9.69. The van der Waals surface area contributed by atoms with Gasteiger partial charge in [-0.2, -0.15) is 0 Å². The van der Waals surface area contributed by atoms with E-state index < -0.39 is 17.8 Å². The maximum atomic E-state index is 14.0. The number of nitrogens with one attached hydrogen (secondary N) is 3. The Morgan fingerprint density at radius 1 is 1.14 bits per heavy atom. The van der Waals surface area contributed by atoms with Crippen LogP contribution in [0.3, 0.4) is 0 Å². The molecule has 4 N–H and O–H groups in total. The van der Waals surface area contributed by atoms with Gasteiger partial charge < -0.3 is 15.7 Å². The molecule has 1 unspecified atom stereocenters. The average Bonchev–Trinajstić information content (AvgIpc) is 2.65. The molecule has 29 heavy (non-hydrogen) atoms. The number of nitrogens with zero attached hydrogens (tertiary/aromatic N) is 2. The lowest BCUT2D eigenvalue weighted by atomic mass is 10.1. The molecular weight excluding hydrogens is 381 g/mol. The molecular formula is C19H26FN5O4. The summed E-state index contributed by atoms with van der Waals surface area (Å²) in [4.78, 5) is 39.6. The van der Waals surface area contributed by atoms with E-state index in [2.05, 4.69) is 20.9 Å². The van der Waals surface area contributed by atoms with Gasteiger partial charge in [0.2, 0.25) is 17.7 Å². The van der Waals surface area contributed by atoms with Gasteiger partial charge in [0.25, 0.3) is 0 Å². The van der Waals surface area contributed by atoms with Gasteiger partial charge in [-0.15, -0.1) is 0 Å². The second-order valence-corrected chi connectivity index (χ2v) is 7.27. The highest BCUT2D eigenvalue weighted by molar-refractivity contribution is 6.01. The van der Waals surface area contributed by atoms with Crippen molar-refractivity contribution in [2.45, 2.75) is 18.9 Å². The van der Waals surface area contributed by atoms with Crippen molar-refractivity contribution < 1.29 is 23.9 Å². The molecule has 0 aromatic heterocycles. The number of rotatable bonds is 7. The molecule has 2 saturated heterocycles. The molecule has 0 spiro atoms. The molecule has 0 aliphatic carbocycles. The zero-order chi connectivity index (χ0) is 20.8. The summed E-state index contributed by atoms with van der Waals surface area (Å²) in [5, 5.41) is 16.8. The van der Waals surface area contributed by atoms with Gasteiger partial charge in [-0.25, -0.2) is 4.39 Å². The van der Waals surface area contributed by atoms with Gasteiger partial charge in [-0.1, -0.05) is 0 Å². The highest BCUT2D eigenvalue weighted by Crippen LogP contribution is 2.21. The minimum Gasteiger partial charge on any atom is -0.395 e. The van der Waals surface area contributed by atoms with Crippen LogP contribution in [-0.2, 0) is 14.4 Å². The van der Waals surface area contributed by atoms with Gasteiger partial charge in [0.1, 0.15) is 11.9 Å². The molecule has 2 heterocycles. The predicted octanol–water partition coefficient (Wildman–Crippen LogP) is -0.409. The Balaban J connectivity index is 1.53. The van der Waals surface area contributed by atoms with Crippen LogP contribution in [0, 0.1) is 5.82 Å². The summed E-state index contributed by atoms with van der Waals surface area (Å²) >= 11 is 0. The standard InChI is InChI=1S/C19H26FN5O4/c20-13-9-14(21-16-1-2-17(27)23-19(16)29)11-15(10-13)22-18(28)12-25-5-3-24(4-6-25)7-8-26/h9-11,16,21,26H,1-8,12H2,(H,22,28)(H,23,27,29). The molecule has 1 aromatic carbocycles.